The van der Waals surface area contributed by atoms with E-state index in [1.54, 1.807) is 7.11 Å². The summed E-state index contributed by atoms with van der Waals surface area (Å²) < 4.78 is 4.90. The SMILES string of the molecule is COCC(N)C(C)C(=O)C1CC1. The molecular formula is C9H17NO2. The molecule has 0 aromatic heterocycles. The van der Waals surface area contributed by atoms with Crippen LogP contribution in [0.15, 0.2) is 0 Å². The first-order valence-corrected chi connectivity index (χ1v) is 4.45. The molecule has 12 heavy (non-hydrogen) atoms. The highest BCUT2D eigenvalue weighted by Crippen LogP contribution is 2.32. The molecule has 0 bridgehead atoms. The van der Waals surface area contributed by atoms with Gasteiger partial charge in [0.2, 0.25) is 0 Å². The summed E-state index contributed by atoms with van der Waals surface area (Å²) in [5, 5.41) is 0. The molecular weight excluding hydrogens is 154 g/mol. The lowest BCUT2D eigenvalue weighted by Gasteiger charge is -2.17. The number of hydrogen-bond acceptors (Lipinski definition) is 3. The number of nitrogens with two attached hydrogens (primary N) is 1. The standard InChI is InChI=1S/C9H17NO2/c1-6(8(10)5-12-2)9(11)7-3-4-7/h6-8H,3-5,10H2,1-2H3. The Morgan fingerprint density at radius 3 is 2.67 bits per heavy atom. The van der Waals surface area contributed by atoms with Gasteiger partial charge < -0.3 is 10.5 Å². The first-order chi connectivity index (χ1) is 5.66. The fraction of sp³-hybridized carbons (Fsp3) is 0.889. The van der Waals surface area contributed by atoms with Crippen LogP contribution in [-0.4, -0.2) is 25.5 Å². The highest BCUT2D eigenvalue weighted by Gasteiger charge is 2.34. The molecule has 2 unspecified atom stereocenters. The van der Waals surface area contributed by atoms with Crippen molar-refractivity contribution in [3.8, 4) is 0 Å². The van der Waals surface area contributed by atoms with Crippen molar-refractivity contribution in [1.82, 2.24) is 0 Å². The lowest BCUT2D eigenvalue weighted by molar-refractivity contribution is -0.124. The molecule has 0 aliphatic heterocycles. The average Bonchev–Trinajstić information content (AvgIpc) is 2.84. The first-order valence-electron chi connectivity index (χ1n) is 4.45. The van der Waals surface area contributed by atoms with Gasteiger partial charge in [0.1, 0.15) is 5.78 Å². The van der Waals surface area contributed by atoms with Crippen LogP contribution in [0.2, 0.25) is 0 Å². The Kier molecular flexibility index (Phi) is 3.23. The fourth-order valence-corrected chi connectivity index (χ4v) is 1.29. The Hall–Kier alpha value is -0.410. The molecule has 2 atom stereocenters. The normalized spacial score (nSPS) is 21.9. The van der Waals surface area contributed by atoms with E-state index in [0.717, 1.165) is 12.8 Å². The van der Waals surface area contributed by atoms with Gasteiger partial charge in [-0.25, -0.2) is 0 Å². The second kappa shape index (κ2) is 4.01. The van der Waals surface area contributed by atoms with Gasteiger partial charge in [0.05, 0.1) is 6.61 Å². The summed E-state index contributed by atoms with van der Waals surface area (Å²) in [6.07, 6.45) is 2.12. The van der Waals surface area contributed by atoms with E-state index in [2.05, 4.69) is 0 Å². The average molecular weight is 171 g/mol. The minimum absolute atomic E-state index is 0.0440. The van der Waals surface area contributed by atoms with Crippen molar-refractivity contribution in [3.63, 3.8) is 0 Å². The number of methoxy groups -OCH3 is 1. The number of hydrogen-bond donors (Lipinski definition) is 1. The van der Waals surface area contributed by atoms with E-state index in [1.807, 2.05) is 6.92 Å². The Morgan fingerprint density at radius 1 is 1.67 bits per heavy atom. The van der Waals surface area contributed by atoms with Crippen molar-refractivity contribution >= 4 is 5.78 Å². The third-order valence-electron chi connectivity index (χ3n) is 2.43. The summed E-state index contributed by atoms with van der Waals surface area (Å²) in [5.74, 6) is 0.583. The Balaban J connectivity index is 2.33. The minimum atomic E-state index is -0.136. The van der Waals surface area contributed by atoms with Crippen LogP contribution in [0.25, 0.3) is 0 Å². The third kappa shape index (κ3) is 2.29. The van der Waals surface area contributed by atoms with Gasteiger partial charge in [-0.05, 0) is 12.8 Å². The van der Waals surface area contributed by atoms with Crippen molar-refractivity contribution < 1.29 is 9.53 Å². The van der Waals surface area contributed by atoms with Crippen molar-refractivity contribution in [1.29, 1.82) is 0 Å². The molecule has 0 aromatic carbocycles. The van der Waals surface area contributed by atoms with Crippen LogP contribution in [0.3, 0.4) is 0 Å². The smallest absolute Gasteiger partial charge is 0.140 e. The van der Waals surface area contributed by atoms with Gasteiger partial charge in [-0.3, -0.25) is 4.79 Å². The molecule has 3 nitrogen and oxygen atoms in total. The lowest BCUT2D eigenvalue weighted by atomic mass is 9.95. The zero-order valence-electron chi connectivity index (χ0n) is 7.75. The predicted molar refractivity (Wildman–Crippen MR) is 46.7 cm³/mol. The van der Waals surface area contributed by atoms with E-state index in [4.69, 9.17) is 10.5 Å². The summed E-state index contributed by atoms with van der Waals surface area (Å²) in [7, 11) is 1.61. The van der Waals surface area contributed by atoms with Gasteiger partial charge in [-0.2, -0.15) is 0 Å². The maximum absolute atomic E-state index is 11.5. The molecule has 0 saturated heterocycles. The van der Waals surface area contributed by atoms with Gasteiger partial charge in [0.25, 0.3) is 0 Å². The molecule has 0 aromatic rings. The van der Waals surface area contributed by atoms with E-state index >= 15 is 0 Å². The number of carbonyl (C=O) groups excluding carboxylic acids is 1. The Bertz CT molecular complexity index is 166. The summed E-state index contributed by atoms with van der Waals surface area (Å²) >= 11 is 0. The zero-order valence-corrected chi connectivity index (χ0v) is 7.75. The topological polar surface area (TPSA) is 52.3 Å². The highest BCUT2D eigenvalue weighted by atomic mass is 16.5. The van der Waals surface area contributed by atoms with E-state index in [0.29, 0.717) is 18.3 Å². The van der Waals surface area contributed by atoms with Crippen LogP contribution >= 0.6 is 0 Å². The molecule has 2 N–H and O–H groups in total. The molecule has 0 amide bonds. The van der Waals surface area contributed by atoms with E-state index in [-0.39, 0.29) is 12.0 Å². The fourth-order valence-electron chi connectivity index (χ4n) is 1.29. The summed E-state index contributed by atoms with van der Waals surface area (Å²) in [5.41, 5.74) is 5.75. The third-order valence-corrected chi connectivity index (χ3v) is 2.43. The maximum atomic E-state index is 11.5. The minimum Gasteiger partial charge on any atom is -0.383 e. The summed E-state index contributed by atoms with van der Waals surface area (Å²) in [6.45, 7) is 2.37. The van der Waals surface area contributed by atoms with Crippen molar-refractivity contribution in [2.45, 2.75) is 25.8 Å². The van der Waals surface area contributed by atoms with E-state index in [1.165, 1.54) is 0 Å². The molecule has 3 heteroatoms. The van der Waals surface area contributed by atoms with Crippen molar-refractivity contribution in [2.24, 2.45) is 17.6 Å². The molecule has 0 heterocycles. The van der Waals surface area contributed by atoms with Gasteiger partial charge >= 0.3 is 0 Å². The zero-order chi connectivity index (χ0) is 9.14. The number of Topliss-reactive ketones (excluding diaryl/α,β-unsaturated/α-hetero) is 1. The second-order valence-corrected chi connectivity index (χ2v) is 3.58. The molecule has 1 fully saturated rings. The second-order valence-electron chi connectivity index (χ2n) is 3.58. The summed E-state index contributed by atoms with van der Waals surface area (Å²) in [6, 6.07) is -0.136. The Labute approximate surface area is 73.3 Å². The van der Waals surface area contributed by atoms with Crippen molar-refractivity contribution in [2.75, 3.05) is 13.7 Å². The van der Waals surface area contributed by atoms with Crippen LogP contribution in [0.5, 0.6) is 0 Å². The lowest BCUT2D eigenvalue weighted by Crippen LogP contribution is -2.37. The molecule has 1 saturated carbocycles. The number of ether oxygens (including phenoxy) is 1. The molecule has 1 aliphatic carbocycles. The number of rotatable bonds is 5. The van der Waals surface area contributed by atoms with E-state index in [9.17, 15) is 4.79 Å². The van der Waals surface area contributed by atoms with Gasteiger partial charge in [0, 0.05) is 25.0 Å². The Morgan fingerprint density at radius 2 is 2.25 bits per heavy atom. The molecule has 0 spiro atoms. The number of ketones is 1. The van der Waals surface area contributed by atoms with Gasteiger partial charge in [-0.1, -0.05) is 6.92 Å². The van der Waals surface area contributed by atoms with Crippen LogP contribution in [0.4, 0.5) is 0 Å². The van der Waals surface area contributed by atoms with Crippen LogP contribution in [-0.2, 0) is 9.53 Å². The van der Waals surface area contributed by atoms with Crippen LogP contribution < -0.4 is 5.73 Å². The van der Waals surface area contributed by atoms with Crippen molar-refractivity contribution in [3.05, 3.63) is 0 Å². The first kappa shape index (κ1) is 9.68. The molecule has 0 radical (unpaired) electrons. The number of carbonyl (C=O) groups is 1. The maximum Gasteiger partial charge on any atom is 0.140 e. The van der Waals surface area contributed by atoms with Gasteiger partial charge in [0.15, 0.2) is 0 Å². The molecule has 1 rings (SSSR count). The molecule has 70 valence electrons. The highest BCUT2D eigenvalue weighted by molar-refractivity contribution is 5.85. The monoisotopic (exact) mass is 171 g/mol. The van der Waals surface area contributed by atoms with Crippen LogP contribution in [0, 0.1) is 11.8 Å². The van der Waals surface area contributed by atoms with Gasteiger partial charge in [-0.15, -0.1) is 0 Å². The van der Waals surface area contributed by atoms with E-state index < -0.39 is 0 Å². The largest absolute Gasteiger partial charge is 0.383 e. The van der Waals surface area contributed by atoms with Crippen LogP contribution in [0.1, 0.15) is 19.8 Å². The summed E-state index contributed by atoms with van der Waals surface area (Å²) in [4.78, 5) is 11.5. The quantitative estimate of drug-likeness (QED) is 0.658. The molecule has 1 aliphatic rings. The predicted octanol–water partition coefficient (Wildman–Crippen LogP) is 0.575.